The quantitative estimate of drug-likeness (QED) is 0.608. The molecule has 1 amide bonds. The number of aryl methyl sites for hydroxylation is 2. The first-order chi connectivity index (χ1) is 13.1. The van der Waals surface area contributed by atoms with E-state index in [4.69, 9.17) is 17.3 Å². The molecule has 2 heterocycles. The molecule has 2 aliphatic rings. The standard InChI is InChI=1S/C21H20ClN3O2/c22-16-3-4-18-14(9-16)1-2-15-10-17(23)11-24-21(15)20(18)13-5-7-25(8-6-13)19(27)12-26/h3-4,9-12H,1-2,5-8,23H2. The van der Waals surface area contributed by atoms with Crippen LogP contribution in [0.2, 0.25) is 5.02 Å². The Kier molecular flexibility index (Phi) is 4.70. The van der Waals surface area contributed by atoms with Gasteiger partial charge in [0.1, 0.15) is 0 Å². The highest BCUT2D eigenvalue weighted by Crippen LogP contribution is 2.38. The highest BCUT2D eigenvalue weighted by molar-refractivity contribution is 6.30. The fourth-order valence-electron chi connectivity index (χ4n) is 4.03. The van der Waals surface area contributed by atoms with Gasteiger partial charge in [0.2, 0.25) is 6.29 Å². The van der Waals surface area contributed by atoms with Crippen molar-refractivity contribution >= 4 is 35.1 Å². The van der Waals surface area contributed by atoms with Crippen molar-refractivity contribution in [3.63, 3.8) is 0 Å². The summed E-state index contributed by atoms with van der Waals surface area (Å²) in [5.41, 5.74) is 13.5. The van der Waals surface area contributed by atoms with Gasteiger partial charge >= 0.3 is 0 Å². The molecule has 1 aromatic carbocycles. The molecule has 0 radical (unpaired) electrons. The Bertz CT molecular complexity index is 902. The number of hydrogen-bond acceptors (Lipinski definition) is 4. The molecule has 0 unspecified atom stereocenters. The monoisotopic (exact) mass is 381 g/mol. The molecule has 2 N–H and O–H groups in total. The number of aldehydes is 1. The van der Waals surface area contributed by atoms with E-state index in [2.05, 4.69) is 11.1 Å². The van der Waals surface area contributed by atoms with Crippen LogP contribution in [0, 0.1) is 0 Å². The van der Waals surface area contributed by atoms with E-state index in [1.54, 1.807) is 11.1 Å². The number of likely N-dealkylation sites (tertiary alicyclic amines) is 1. The second-order valence-electron chi connectivity index (χ2n) is 7.00. The largest absolute Gasteiger partial charge is 0.397 e. The van der Waals surface area contributed by atoms with Crippen LogP contribution >= 0.6 is 11.6 Å². The Balaban J connectivity index is 1.84. The molecule has 6 heteroatoms. The van der Waals surface area contributed by atoms with Crippen molar-refractivity contribution in [2.24, 2.45) is 0 Å². The fourth-order valence-corrected chi connectivity index (χ4v) is 4.23. The summed E-state index contributed by atoms with van der Waals surface area (Å²) in [6.07, 6.45) is 5.27. The molecule has 27 heavy (non-hydrogen) atoms. The molecule has 1 saturated heterocycles. The predicted octanol–water partition coefficient (Wildman–Crippen LogP) is 3.04. The van der Waals surface area contributed by atoms with Crippen LogP contribution in [0.3, 0.4) is 0 Å². The molecule has 1 aromatic heterocycles. The summed E-state index contributed by atoms with van der Waals surface area (Å²) in [6, 6.07) is 8.00. The lowest BCUT2D eigenvalue weighted by Gasteiger charge is -2.29. The van der Waals surface area contributed by atoms with Crippen molar-refractivity contribution in [3.05, 3.63) is 63.4 Å². The van der Waals surface area contributed by atoms with Gasteiger partial charge < -0.3 is 10.6 Å². The summed E-state index contributed by atoms with van der Waals surface area (Å²) in [5.74, 6) is -0.446. The second-order valence-corrected chi connectivity index (χ2v) is 7.44. The summed E-state index contributed by atoms with van der Waals surface area (Å²) in [6.45, 7) is 1.09. The second kappa shape index (κ2) is 7.16. The molecular formula is C21H20ClN3O2. The summed E-state index contributed by atoms with van der Waals surface area (Å²) in [5, 5.41) is 0.725. The number of piperidine rings is 1. The number of rotatable bonds is 1. The van der Waals surface area contributed by atoms with Gasteiger partial charge in [-0.1, -0.05) is 23.2 Å². The van der Waals surface area contributed by atoms with Crippen LogP contribution < -0.4 is 5.73 Å². The maximum atomic E-state index is 11.7. The van der Waals surface area contributed by atoms with Crippen molar-refractivity contribution in [2.75, 3.05) is 18.8 Å². The number of pyridine rings is 1. The molecule has 138 valence electrons. The highest BCUT2D eigenvalue weighted by atomic mass is 35.5. The minimum Gasteiger partial charge on any atom is -0.397 e. The lowest BCUT2D eigenvalue weighted by molar-refractivity contribution is -0.139. The smallest absolute Gasteiger partial charge is 0.286 e. The summed E-state index contributed by atoms with van der Waals surface area (Å²) in [7, 11) is 0. The van der Waals surface area contributed by atoms with Gasteiger partial charge in [-0.25, -0.2) is 0 Å². The minimum atomic E-state index is -0.446. The third-order valence-corrected chi connectivity index (χ3v) is 5.59. The Labute approximate surface area is 162 Å². The zero-order valence-electron chi connectivity index (χ0n) is 14.9. The van der Waals surface area contributed by atoms with Crippen molar-refractivity contribution in [2.45, 2.75) is 25.7 Å². The molecule has 2 aromatic rings. The molecule has 0 saturated carbocycles. The van der Waals surface area contributed by atoms with Gasteiger partial charge in [0.15, 0.2) is 0 Å². The van der Waals surface area contributed by atoms with E-state index in [1.165, 1.54) is 11.1 Å². The number of carbonyl (C=O) groups excluding carboxylic acids is 2. The molecule has 0 spiro atoms. The Morgan fingerprint density at radius 3 is 2.59 bits per heavy atom. The molecule has 1 aliphatic heterocycles. The fraction of sp³-hybridized carbons (Fsp3) is 0.286. The Morgan fingerprint density at radius 2 is 1.85 bits per heavy atom. The van der Waals surface area contributed by atoms with Crippen LogP contribution in [-0.2, 0) is 22.4 Å². The number of amides is 1. The maximum Gasteiger partial charge on any atom is 0.286 e. The van der Waals surface area contributed by atoms with Crippen molar-refractivity contribution < 1.29 is 9.59 Å². The molecular weight excluding hydrogens is 362 g/mol. The number of nitrogens with zero attached hydrogens (tertiary/aromatic N) is 2. The predicted molar refractivity (Wildman–Crippen MR) is 105 cm³/mol. The average Bonchev–Trinajstić information content (AvgIpc) is 2.83. The SMILES string of the molecule is Nc1cnc2c(c1)CCc1cc(Cl)ccc1C2=C1CCN(C(=O)C=O)CC1. The lowest BCUT2D eigenvalue weighted by Crippen LogP contribution is -2.37. The third kappa shape index (κ3) is 3.35. The summed E-state index contributed by atoms with van der Waals surface area (Å²) in [4.78, 5) is 28.7. The van der Waals surface area contributed by atoms with E-state index >= 15 is 0 Å². The van der Waals surface area contributed by atoms with E-state index in [9.17, 15) is 9.59 Å². The van der Waals surface area contributed by atoms with E-state index in [0.29, 0.717) is 25.1 Å². The number of carbonyl (C=O) groups is 2. The van der Waals surface area contributed by atoms with E-state index < -0.39 is 5.91 Å². The Morgan fingerprint density at radius 1 is 1.11 bits per heavy atom. The van der Waals surface area contributed by atoms with Gasteiger partial charge in [-0.2, -0.15) is 0 Å². The summed E-state index contributed by atoms with van der Waals surface area (Å²) < 4.78 is 0. The Hall–Kier alpha value is -2.66. The highest BCUT2D eigenvalue weighted by Gasteiger charge is 2.26. The first kappa shape index (κ1) is 17.7. The molecule has 5 nitrogen and oxygen atoms in total. The van der Waals surface area contributed by atoms with Crippen LogP contribution in [0.5, 0.6) is 0 Å². The maximum absolute atomic E-state index is 11.7. The van der Waals surface area contributed by atoms with E-state index in [-0.39, 0.29) is 0 Å². The van der Waals surface area contributed by atoms with Crippen LogP contribution in [-0.4, -0.2) is 35.2 Å². The first-order valence-corrected chi connectivity index (χ1v) is 9.44. The number of nitrogens with two attached hydrogens (primary N) is 1. The van der Waals surface area contributed by atoms with Gasteiger partial charge in [0.05, 0.1) is 17.6 Å². The number of nitrogen functional groups attached to an aromatic ring is 1. The number of hydrogen-bond donors (Lipinski definition) is 1. The van der Waals surface area contributed by atoms with Gasteiger partial charge in [0, 0.05) is 23.7 Å². The van der Waals surface area contributed by atoms with Gasteiger partial charge in [0.25, 0.3) is 5.91 Å². The first-order valence-electron chi connectivity index (χ1n) is 9.06. The average molecular weight is 382 g/mol. The van der Waals surface area contributed by atoms with Crippen molar-refractivity contribution in [1.82, 2.24) is 9.88 Å². The minimum absolute atomic E-state index is 0.390. The normalized spacial score (nSPS) is 16.4. The van der Waals surface area contributed by atoms with Crippen LogP contribution in [0.15, 0.2) is 36.0 Å². The van der Waals surface area contributed by atoms with E-state index in [0.717, 1.165) is 53.1 Å². The zero-order chi connectivity index (χ0) is 19.0. The van der Waals surface area contributed by atoms with Gasteiger partial charge in [-0.05, 0) is 60.6 Å². The topological polar surface area (TPSA) is 76.3 Å². The van der Waals surface area contributed by atoms with Crippen molar-refractivity contribution in [3.8, 4) is 0 Å². The number of anilines is 1. The molecule has 1 aliphatic carbocycles. The van der Waals surface area contributed by atoms with Crippen LogP contribution in [0.1, 0.15) is 35.2 Å². The summed E-state index contributed by atoms with van der Waals surface area (Å²) >= 11 is 6.24. The molecule has 1 fully saturated rings. The molecule has 4 rings (SSSR count). The lowest BCUT2D eigenvalue weighted by atomic mass is 9.88. The number of aromatic nitrogens is 1. The van der Waals surface area contributed by atoms with Gasteiger partial charge in [-0.3, -0.25) is 14.6 Å². The van der Waals surface area contributed by atoms with Crippen molar-refractivity contribution in [1.29, 1.82) is 0 Å². The number of benzene rings is 1. The molecule has 0 atom stereocenters. The van der Waals surface area contributed by atoms with Crippen LogP contribution in [0.25, 0.3) is 5.57 Å². The number of fused-ring (bicyclic) bond motifs is 2. The number of halogens is 1. The van der Waals surface area contributed by atoms with E-state index in [1.807, 2.05) is 18.2 Å². The van der Waals surface area contributed by atoms with Crippen LogP contribution in [0.4, 0.5) is 5.69 Å². The van der Waals surface area contributed by atoms with Gasteiger partial charge in [-0.15, -0.1) is 0 Å². The molecule has 0 bridgehead atoms. The zero-order valence-corrected chi connectivity index (χ0v) is 15.6. The third-order valence-electron chi connectivity index (χ3n) is 5.36.